The lowest BCUT2D eigenvalue weighted by molar-refractivity contribution is -0.121. The van der Waals surface area contributed by atoms with E-state index in [1.807, 2.05) is 0 Å². The highest BCUT2D eigenvalue weighted by molar-refractivity contribution is 5.94. The van der Waals surface area contributed by atoms with Crippen LogP contribution in [0, 0.1) is 0 Å². The van der Waals surface area contributed by atoms with Crippen molar-refractivity contribution < 1.29 is 19.4 Å². The topological polar surface area (TPSA) is 87.7 Å². The van der Waals surface area contributed by atoms with Crippen molar-refractivity contribution >= 4 is 11.8 Å². The first-order valence-corrected chi connectivity index (χ1v) is 5.96. The Labute approximate surface area is 111 Å². The van der Waals surface area contributed by atoms with Gasteiger partial charge in [-0.1, -0.05) is 6.07 Å². The Morgan fingerprint density at radius 2 is 2.05 bits per heavy atom. The molecule has 0 radical (unpaired) electrons. The van der Waals surface area contributed by atoms with Gasteiger partial charge in [-0.3, -0.25) is 9.59 Å². The third-order valence-electron chi connectivity index (χ3n) is 2.37. The number of phenols is 1. The number of hydrogen-bond donors (Lipinski definition) is 3. The minimum Gasteiger partial charge on any atom is -0.508 e. The first-order valence-electron chi connectivity index (χ1n) is 5.96. The predicted molar refractivity (Wildman–Crippen MR) is 69.9 cm³/mol. The fraction of sp³-hybridized carbons (Fsp3) is 0.385. The first-order chi connectivity index (χ1) is 9.13. The van der Waals surface area contributed by atoms with Crippen LogP contribution in [0.25, 0.3) is 0 Å². The number of carbonyl (C=O) groups is 2. The Balaban J connectivity index is 2.25. The van der Waals surface area contributed by atoms with Gasteiger partial charge >= 0.3 is 0 Å². The van der Waals surface area contributed by atoms with E-state index in [9.17, 15) is 14.7 Å². The van der Waals surface area contributed by atoms with Crippen molar-refractivity contribution in [1.82, 2.24) is 10.6 Å². The second-order valence-corrected chi connectivity index (χ2v) is 3.90. The van der Waals surface area contributed by atoms with Crippen LogP contribution in [-0.2, 0) is 9.53 Å². The van der Waals surface area contributed by atoms with E-state index in [-0.39, 0.29) is 30.5 Å². The van der Waals surface area contributed by atoms with Crippen molar-refractivity contribution in [2.75, 3.05) is 26.8 Å². The Morgan fingerprint density at radius 3 is 2.74 bits per heavy atom. The quantitative estimate of drug-likeness (QED) is 0.618. The minimum atomic E-state index is -0.319. The molecule has 1 aromatic carbocycles. The van der Waals surface area contributed by atoms with Crippen molar-refractivity contribution in [3.8, 4) is 5.75 Å². The molecule has 0 saturated heterocycles. The highest BCUT2D eigenvalue weighted by Crippen LogP contribution is 2.10. The lowest BCUT2D eigenvalue weighted by Gasteiger charge is -2.06. The van der Waals surface area contributed by atoms with Gasteiger partial charge in [-0.15, -0.1) is 0 Å². The lowest BCUT2D eigenvalue weighted by Crippen LogP contribution is -2.32. The molecule has 1 rings (SSSR count). The number of ether oxygens (including phenoxy) is 1. The molecule has 0 aliphatic carbocycles. The number of amides is 2. The zero-order valence-corrected chi connectivity index (χ0v) is 10.8. The zero-order chi connectivity index (χ0) is 14.1. The van der Waals surface area contributed by atoms with E-state index < -0.39 is 0 Å². The van der Waals surface area contributed by atoms with Crippen molar-refractivity contribution in [2.45, 2.75) is 6.42 Å². The summed E-state index contributed by atoms with van der Waals surface area (Å²) in [6.07, 6.45) is 0.203. The summed E-state index contributed by atoms with van der Waals surface area (Å²) in [7, 11) is 1.56. The summed E-state index contributed by atoms with van der Waals surface area (Å²) in [6, 6.07) is 6.03. The molecule has 6 heteroatoms. The summed E-state index contributed by atoms with van der Waals surface area (Å²) in [5.74, 6) is -0.432. The average Bonchev–Trinajstić information content (AvgIpc) is 2.39. The molecule has 2 amide bonds. The third kappa shape index (κ3) is 5.87. The second-order valence-electron chi connectivity index (χ2n) is 3.90. The van der Waals surface area contributed by atoms with Crippen LogP contribution in [0.4, 0.5) is 0 Å². The summed E-state index contributed by atoms with van der Waals surface area (Å²) < 4.78 is 4.80. The third-order valence-corrected chi connectivity index (χ3v) is 2.37. The lowest BCUT2D eigenvalue weighted by atomic mass is 10.2. The Hall–Kier alpha value is -2.08. The second kappa shape index (κ2) is 8.10. The van der Waals surface area contributed by atoms with Gasteiger partial charge in [-0.05, 0) is 18.2 Å². The molecule has 0 spiro atoms. The predicted octanol–water partition coefficient (Wildman–Crippen LogP) is 0.275. The zero-order valence-electron chi connectivity index (χ0n) is 10.8. The molecular weight excluding hydrogens is 248 g/mol. The van der Waals surface area contributed by atoms with Gasteiger partial charge < -0.3 is 20.5 Å². The van der Waals surface area contributed by atoms with Crippen LogP contribution in [-0.4, -0.2) is 43.7 Å². The van der Waals surface area contributed by atoms with Crippen LogP contribution in [0.5, 0.6) is 5.75 Å². The molecule has 0 aromatic heterocycles. The van der Waals surface area contributed by atoms with Gasteiger partial charge in [0.1, 0.15) is 5.75 Å². The summed E-state index contributed by atoms with van der Waals surface area (Å²) in [5.41, 5.74) is 0.361. The van der Waals surface area contributed by atoms with Crippen molar-refractivity contribution in [2.24, 2.45) is 0 Å². The molecule has 0 unspecified atom stereocenters. The van der Waals surface area contributed by atoms with Gasteiger partial charge in [-0.2, -0.15) is 0 Å². The monoisotopic (exact) mass is 266 g/mol. The van der Waals surface area contributed by atoms with E-state index >= 15 is 0 Å². The van der Waals surface area contributed by atoms with Gasteiger partial charge in [0.25, 0.3) is 5.91 Å². The summed E-state index contributed by atoms with van der Waals surface area (Å²) >= 11 is 0. The van der Waals surface area contributed by atoms with Crippen LogP contribution in [0.2, 0.25) is 0 Å². The molecule has 0 bridgehead atoms. The Morgan fingerprint density at radius 1 is 1.26 bits per heavy atom. The van der Waals surface area contributed by atoms with Crippen molar-refractivity contribution in [1.29, 1.82) is 0 Å². The van der Waals surface area contributed by atoms with E-state index in [1.165, 1.54) is 12.1 Å². The molecule has 104 valence electrons. The number of phenolic OH excluding ortho intramolecular Hbond substituents is 1. The van der Waals surface area contributed by atoms with Gasteiger partial charge in [-0.25, -0.2) is 0 Å². The number of rotatable bonds is 7. The summed E-state index contributed by atoms with van der Waals surface area (Å²) in [6.45, 7) is 1.16. The van der Waals surface area contributed by atoms with E-state index in [1.54, 1.807) is 19.2 Å². The van der Waals surface area contributed by atoms with Crippen molar-refractivity contribution in [3.63, 3.8) is 0 Å². The number of hydrogen-bond acceptors (Lipinski definition) is 4. The maximum absolute atomic E-state index is 11.7. The molecular formula is C13H18N2O4. The minimum absolute atomic E-state index is 0.0324. The summed E-state index contributed by atoms with van der Waals surface area (Å²) in [4.78, 5) is 23.0. The molecule has 19 heavy (non-hydrogen) atoms. The number of carbonyl (C=O) groups excluding carboxylic acids is 2. The van der Waals surface area contributed by atoms with Crippen molar-refractivity contribution in [3.05, 3.63) is 29.8 Å². The molecule has 0 aliphatic rings. The van der Waals surface area contributed by atoms with Crippen LogP contribution in [0.1, 0.15) is 16.8 Å². The molecule has 1 aromatic rings. The fourth-order valence-corrected chi connectivity index (χ4v) is 1.42. The van der Waals surface area contributed by atoms with Crippen LogP contribution in [0.15, 0.2) is 24.3 Å². The number of methoxy groups -OCH3 is 1. The van der Waals surface area contributed by atoms with Gasteiger partial charge in [0, 0.05) is 32.2 Å². The van der Waals surface area contributed by atoms with Gasteiger partial charge in [0.2, 0.25) is 5.91 Å². The molecule has 0 saturated carbocycles. The highest BCUT2D eigenvalue weighted by atomic mass is 16.5. The average molecular weight is 266 g/mol. The van der Waals surface area contributed by atoms with E-state index in [4.69, 9.17) is 4.74 Å². The van der Waals surface area contributed by atoms with Crippen LogP contribution >= 0.6 is 0 Å². The SMILES string of the molecule is COCCNC(=O)CCNC(=O)c1cccc(O)c1. The number of benzene rings is 1. The molecule has 0 fully saturated rings. The smallest absolute Gasteiger partial charge is 0.251 e. The first kappa shape index (κ1) is 15.0. The van der Waals surface area contributed by atoms with Crippen LogP contribution in [0.3, 0.4) is 0 Å². The largest absolute Gasteiger partial charge is 0.508 e. The Bertz CT molecular complexity index is 434. The van der Waals surface area contributed by atoms with E-state index in [0.717, 1.165) is 0 Å². The Kier molecular flexibility index (Phi) is 6.38. The standard InChI is InChI=1S/C13H18N2O4/c1-19-8-7-14-12(17)5-6-15-13(18)10-3-2-4-11(16)9-10/h2-4,9,16H,5-8H2,1H3,(H,14,17)(H,15,18). The molecule has 0 aliphatic heterocycles. The highest BCUT2D eigenvalue weighted by Gasteiger charge is 2.06. The molecule has 6 nitrogen and oxygen atoms in total. The van der Waals surface area contributed by atoms with Crippen LogP contribution < -0.4 is 10.6 Å². The maximum atomic E-state index is 11.7. The summed E-state index contributed by atoms with van der Waals surface area (Å²) in [5, 5.41) is 14.5. The molecule has 0 atom stereocenters. The van der Waals surface area contributed by atoms with E-state index in [2.05, 4.69) is 10.6 Å². The number of nitrogens with one attached hydrogen (secondary N) is 2. The molecule has 3 N–H and O–H groups in total. The van der Waals surface area contributed by atoms with Gasteiger partial charge in [0.15, 0.2) is 0 Å². The number of aromatic hydroxyl groups is 1. The fourth-order valence-electron chi connectivity index (χ4n) is 1.42. The van der Waals surface area contributed by atoms with Gasteiger partial charge in [0.05, 0.1) is 6.61 Å². The maximum Gasteiger partial charge on any atom is 0.251 e. The normalized spacial score (nSPS) is 9.95. The van der Waals surface area contributed by atoms with E-state index in [0.29, 0.717) is 18.7 Å². The molecule has 0 heterocycles.